The fourth-order valence-electron chi connectivity index (χ4n) is 2.34. The molecule has 0 spiro atoms. The van der Waals surface area contributed by atoms with Crippen molar-refractivity contribution in [1.29, 1.82) is 0 Å². The standard InChI is InChI=1S/C15H24N4O/c1-3-7-16-14-11-12(4-8-17-14)15(20)18-13-5-9-19(2)10-6-13/h4,8,11,13H,3,5-7,9-10H2,1-2H3,(H,16,17)(H,18,20). The first-order valence-corrected chi connectivity index (χ1v) is 7.38. The second kappa shape index (κ2) is 7.24. The summed E-state index contributed by atoms with van der Waals surface area (Å²) in [7, 11) is 2.12. The minimum absolute atomic E-state index is 0.00139. The summed E-state index contributed by atoms with van der Waals surface area (Å²) < 4.78 is 0. The van der Waals surface area contributed by atoms with Gasteiger partial charge in [-0.2, -0.15) is 0 Å². The Hall–Kier alpha value is -1.62. The van der Waals surface area contributed by atoms with Crippen molar-refractivity contribution in [2.75, 3.05) is 32.0 Å². The van der Waals surface area contributed by atoms with Gasteiger partial charge in [-0.3, -0.25) is 4.79 Å². The number of rotatable bonds is 5. The summed E-state index contributed by atoms with van der Waals surface area (Å²) >= 11 is 0. The van der Waals surface area contributed by atoms with E-state index in [2.05, 4.69) is 34.5 Å². The molecule has 1 fully saturated rings. The van der Waals surface area contributed by atoms with Crippen LogP contribution in [0.15, 0.2) is 18.3 Å². The molecular weight excluding hydrogens is 252 g/mol. The van der Waals surface area contributed by atoms with Crippen molar-refractivity contribution in [3.05, 3.63) is 23.9 Å². The van der Waals surface area contributed by atoms with Gasteiger partial charge in [0, 0.05) is 24.3 Å². The molecule has 2 rings (SSSR count). The minimum Gasteiger partial charge on any atom is -0.370 e. The Labute approximate surface area is 120 Å². The van der Waals surface area contributed by atoms with Crippen LogP contribution in [-0.2, 0) is 0 Å². The number of likely N-dealkylation sites (tertiary alicyclic amines) is 1. The Balaban J connectivity index is 1.91. The van der Waals surface area contributed by atoms with Crippen LogP contribution in [0.1, 0.15) is 36.5 Å². The molecular formula is C15H24N4O. The number of piperidine rings is 1. The molecule has 0 bridgehead atoms. The van der Waals surface area contributed by atoms with Gasteiger partial charge >= 0.3 is 0 Å². The van der Waals surface area contributed by atoms with Gasteiger partial charge in [0.25, 0.3) is 5.91 Å². The summed E-state index contributed by atoms with van der Waals surface area (Å²) in [5.74, 6) is 0.768. The van der Waals surface area contributed by atoms with Crippen LogP contribution >= 0.6 is 0 Å². The van der Waals surface area contributed by atoms with E-state index in [1.165, 1.54) is 0 Å². The lowest BCUT2D eigenvalue weighted by Gasteiger charge is -2.29. The molecule has 110 valence electrons. The van der Waals surface area contributed by atoms with E-state index in [0.29, 0.717) is 11.6 Å². The van der Waals surface area contributed by atoms with Gasteiger partial charge in [-0.05, 0) is 51.5 Å². The Kier molecular flexibility index (Phi) is 5.35. The zero-order valence-corrected chi connectivity index (χ0v) is 12.4. The lowest BCUT2D eigenvalue weighted by Crippen LogP contribution is -2.43. The molecule has 0 saturated carbocycles. The fourth-order valence-corrected chi connectivity index (χ4v) is 2.34. The first-order valence-electron chi connectivity index (χ1n) is 7.38. The first kappa shape index (κ1) is 14.8. The summed E-state index contributed by atoms with van der Waals surface area (Å²) in [5, 5.41) is 6.32. The number of aromatic nitrogens is 1. The van der Waals surface area contributed by atoms with E-state index in [0.717, 1.165) is 44.7 Å². The zero-order chi connectivity index (χ0) is 14.4. The molecule has 1 amide bonds. The molecule has 0 aromatic carbocycles. The average molecular weight is 276 g/mol. The SMILES string of the molecule is CCCNc1cc(C(=O)NC2CCN(C)CC2)ccn1. The number of anilines is 1. The number of nitrogens with one attached hydrogen (secondary N) is 2. The summed E-state index contributed by atoms with van der Waals surface area (Å²) in [6, 6.07) is 3.88. The second-order valence-corrected chi connectivity index (χ2v) is 5.41. The molecule has 2 heterocycles. The highest BCUT2D eigenvalue weighted by molar-refractivity contribution is 5.95. The van der Waals surface area contributed by atoms with E-state index in [1.807, 2.05) is 6.07 Å². The third-order valence-corrected chi connectivity index (χ3v) is 3.63. The van der Waals surface area contributed by atoms with Crippen molar-refractivity contribution in [2.45, 2.75) is 32.2 Å². The molecule has 5 heteroatoms. The first-order chi connectivity index (χ1) is 9.69. The van der Waals surface area contributed by atoms with E-state index in [4.69, 9.17) is 0 Å². The Morgan fingerprint density at radius 1 is 1.45 bits per heavy atom. The summed E-state index contributed by atoms with van der Waals surface area (Å²) in [4.78, 5) is 18.8. The minimum atomic E-state index is 0.00139. The van der Waals surface area contributed by atoms with Crippen LogP contribution in [0.3, 0.4) is 0 Å². The predicted octanol–water partition coefficient (Wildman–Crippen LogP) is 1.73. The third-order valence-electron chi connectivity index (χ3n) is 3.63. The maximum Gasteiger partial charge on any atom is 0.251 e. The van der Waals surface area contributed by atoms with Crippen LogP contribution in [-0.4, -0.2) is 48.5 Å². The number of pyridine rings is 1. The van der Waals surface area contributed by atoms with Crippen molar-refractivity contribution in [1.82, 2.24) is 15.2 Å². The maximum atomic E-state index is 12.2. The molecule has 0 radical (unpaired) electrons. The van der Waals surface area contributed by atoms with Gasteiger partial charge in [-0.15, -0.1) is 0 Å². The van der Waals surface area contributed by atoms with Gasteiger partial charge in [0.2, 0.25) is 0 Å². The number of nitrogens with zero attached hydrogens (tertiary/aromatic N) is 2. The number of carbonyl (C=O) groups is 1. The second-order valence-electron chi connectivity index (χ2n) is 5.41. The highest BCUT2D eigenvalue weighted by Gasteiger charge is 2.19. The Morgan fingerprint density at radius 2 is 2.20 bits per heavy atom. The summed E-state index contributed by atoms with van der Waals surface area (Å²) in [5.41, 5.74) is 0.678. The molecule has 1 aromatic rings. The monoisotopic (exact) mass is 276 g/mol. The lowest BCUT2D eigenvalue weighted by molar-refractivity contribution is 0.0917. The van der Waals surface area contributed by atoms with Gasteiger partial charge in [0.15, 0.2) is 0 Å². The molecule has 20 heavy (non-hydrogen) atoms. The lowest BCUT2D eigenvalue weighted by atomic mass is 10.1. The van der Waals surface area contributed by atoms with E-state index in [-0.39, 0.29) is 5.91 Å². The van der Waals surface area contributed by atoms with Crippen molar-refractivity contribution >= 4 is 11.7 Å². The largest absolute Gasteiger partial charge is 0.370 e. The predicted molar refractivity (Wildman–Crippen MR) is 81.0 cm³/mol. The highest BCUT2D eigenvalue weighted by atomic mass is 16.1. The van der Waals surface area contributed by atoms with E-state index in [9.17, 15) is 4.79 Å². The molecule has 1 aromatic heterocycles. The van der Waals surface area contributed by atoms with Crippen molar-refractivity contribution in [3.8, 4) is 0 Å². The van der Waals surface area contributed by atoms with Crippen LogP contribution in [0, 0.1) is 0 Å². The van der Waals surface area contributed by atoms with Crippen LogP contribution in [0.4, 0.5) is 5.82 Å². The molecule has 0 aliphatic carbocycles. The summed E-state index contributed by atoms with van der Waals surface area (Å²) in [6.07, 6.45) is 4.76. The topological polar surface area (TPSA) is 57.3 Å². The molecule has 0 unspecified atom stereocenters. The maximum absolute atomic E-state index is 12.2. The Bertz CT molecular complexity index is 441. The molecule has 0 atom stereocenters. The van der Waals surface area contributed by atoms with E-state index < -0.39 is 0 Å². The smallest absolute Gasteiger partial charge is 0.251 e. The zero-order valence-electron chi connectivity index (χ0n) is 12.4. The molecule has 2 N–H and O–H groups in total. The normalized spacial score (nSPS) is 16.9. The van der Waals surface area contributed by atoms with Crippen LogP contribution in [0.25, 0.3) is 0 Å². The third kappa shape index (κ3) is 4.20. The number of amides is 1. The van der Waals surface area contributed by atoms with Crippen molar-refractivity contribution in [2.24, 2.45) is 0 Å². The number of carbonyl (C=O) groups excluding carboxylic acids is 1. The van der Waals surface area contributed by atoms with E-state index in [1.54, 1.807) is 12.3 Å². The van der Waals surface area contributed by atoms with Crippen molar-refractivity contribution in [3.63, 3.8) is 0 Å². The molecule has 5 nitrogen and oxygen atoms in total. The number of hydrogen-bond acceptors (Lipinski definition) is 4. The Morgan fingerprint density at radius 3 is 2.90 bits per heavy atom. The van der Waals surface area contributed by atoms with Crippen LogP contribution in [0.2, 0.25) is 0 Å². The number of hydrogen-bond donors (Lipinski definition) is 2. The average Bonchev–Trinajstić information content (AvgIpc) is 2.48. The molecule has 1 aliphatic rings. The van der Waals surface area contributed by atoms with Gasteiger partial charge in [0.05, 0.1) is 0 Å². The highest BCUT2D eigenvalue weighted by Crippen LogP contribution is 2.11. The van der Waals surface area contributed by atoms with E-state index >= 15 is 0 Å². The summed E-state index contributed by atoms with van der Waals surface area (Å²) in [6.45, 7) is 5.06. The van der Waals surface area contributed by atoms with Crippen LogP contribution in [0.5, 0.6) is 0 Å². The van der Waals surface area contributed by atoms with Crippen molar-refractivity contribution < 1.29 is 4.79 Å². The fraction of sp³-hybridized carbons (Fsp3) is 0.600. The molecule has 1 saturated heterocycles. The molecule has 1 aliphatic heterocycles. The van der Waals surface area contributed by atoms with Gasteiger partial charge in [-0.1, -0.05) is 6.92 Å². The van der Waals surface area contributed by atoms with Gasteiger partial charge in [-0.25, -0.2) is 4.98 Å². The van der Waals surface area contributed by atoms with Crippen LogP contribution < -0.4 is 10.6 Å². The van der Waals surface area contributed by atoms with Gasteiger partial charge in [0.1, 0.15) is 5.82 Å². The van der Waals surface area contributed by atoms with Gasteiger partial charge < -0.3 is 15.5 Å². The quantitative estimate of drug-likeness (QED) is 0.860.